The summed E-state index contributed by atoms with van der Waals surface area (Å²) in [5.41, 5.74) is 2.99. The van der Waals surface area contributed by atoms with Gasteiger partial charge in [0.2, 0.25) is 5.91 Å². The minimum Gasteiger partial charge on any atom is -0.496 e. The summed E-state index contributed by atoms with van der Waals surface area (Å²) in [7, 11) is 3.42. The fourth-order valence-corrected chi connectivity index (χ4v) is 3.80. The zero-order chi connectivity index (χ0) is 21.2. The van der Waals surface area contributed by atoms with E-state index in [-0.39, 0.29) is 11.8 Å². The summed E-state index contributed by atoms with van der Waals surface area (Å²) in [6.07, 6.45) is 5.56. The number of carbonyl (C=O) groups excluding carboxylic acids is 1. The van der Waals surface area contributed by atoms with Crippen molar-refractivity contribution in [2.24, 2.45) is 10.9 Å². The maximum atomic E-state index is 12.5. The normalized spacial score (nSPS) is 14.8. The molecular formula is C24H32N4O2. The highest BCUT2D eigenvalue weighted by Crippen LogP contribution is 2.25. The fourth-order valence-electron chi connectivity index (χ4n) is 3.80. The van der Waals surface area contributed by atoms with Gasteiger partial charge in [-0.3, -0.25) is 9.79 Å². The molecule has 2 aromatic carbocycles. The van der Waals surface area contributed by atoms with Crippen LogP contribution in [0.4, 0.5) is 5.69 Å². The molecule has 0 radical (unpaired) electrons. The third kappa shape index (κ3) is 6.24. The first-order valence-corrected chi connectivity index (χ1v) is 10.7. The number of benzene rings is 2. The van der Waals surface area contributed by atoms with E-state index in [9.17, 15) is 4.79 Å². The van der Waals surface area contributed by atoms with Gasteiger partial charge in [-0.15, -0.1) is 0 Å². The molecule has 1 amide bonds. The Bertz CT molecular complexity index is 860. The Morgan fingerprint density at radius 2 is 1.80 bits per heavy atom. The van der Waals surface area contributed by atoms with E-state index in [1.165, 1.54) is 6.42 Å². The highest BCUT2D eigenvalue weighted by atomic mass is 16.5. The Labute approximate surface area is 179 Å². The van der Waals surface area contributed by atoms with Crippen LogP contribution in [0, 0.1) is 5.92 Å². The monoisotopic (exact) mass is 408 g/mol. The molecule has 6 heteroatoms. The predicted molar refractivity (Wildman–Crippen MR) is 122 cm³/mol. The summed E-state index contributed by atoms with van der Waals surface area (Å²) in [4.78, 5) is 16.8. The molecule has 1 aliphatic carbocycles. The number of hydrogen-bond acceptors (Lipinski definition) is 3. The van der Waals surface area contributed by atoms with Crippen molar-refractivity contribution in [1.82, 2.24) is 10.6 Å². The molecule has 0 heterocycles. The van der Waals surface area contributed by atoms with Crippen molar-refractivity contribution in [2.75, 3.05) is 19.5 Å². The van der Waals surface area contributed by atoms with Crippen LogP contribution in [0.5, 0.6) is 5.75 Å². The van der Waals surface area contributed by atoms with Crippen molar-refractivity contribution in [3.8, 4) is 5.75 Å². The molecular weight excluding hydrogens is 376 g/mol. The van der Waals surface area contributed by atoms with E-state index in [1.807, 2.05) is 48.5 Å². The third-order valence-corrected chi connectivity index (χ3v) is 5.49. The Morgan fingerprint density at radius 1 is 1.03 bits per heavy atom. The molecule has 0 aromatic heterocycles. The van der Waals surface area contributed by atoms with Gasteiger partial charge in [0.1, 0.15) is 5.75 Å². The van der Waals surface area contributed by atoms with E-state index < -0.39 is 0 Å². The largest absolute Gasteiger partial charge is 0.496 e. The van der Waals surface area contributed by atoms with Crippen molar-refractivity contribution >= 4 is 17.6 Å². The molecule has 0 atom stereocenters. The van der Waals surface area contributed by atoms with Crippen molar-refractivity contribution in [3.63, 3.8) is 0 Å². The lowest BCUT2D eigenvalue weighted by Crippen LogP contribution is -2.36. The number of nitrogens with zero attached hydrogens (tertiary/aromatic N) is 1. The number of amides is 1. The van der Waals surface area contributed by atoms with E-state index in [1.54, 1.807) is 14.2 Å². The van der Waals surface area contributed by atoms with Crippen LogP contribution in [-0.4, -0.2) is 26.0 Å². The molecule has 3 rings (SSSR count). The molecule has 2 aromatic rings. The van der Waals surface area contributed by atoms with Crippen molar-refractivity contribution in [3.05, 3.63) is 59.7 Å². The average Bonchev–Trinajstić information content (AvgIpc) is 2.80. The summed E-state index contributed by atoms with van der Waals surface area (Å²) in [5.74, 6) is 1.85. The van der Waals surface area contributed by atoms with Crippen LogP contribution in [0.1, 0.15) is 43.2 Å². The van der Waals surface area contributed by atoms with E-state index in [4.69, 9.17) is 4.74 Å². The first-order chi connectivity index (χ1) is 14.7. The van der Waals surface area contributed by atoms with Gasteiger partial charge < -0.3 is 20.7 Å². The molecule has 1 fully saturated rings. The van der Waals surface area contributed by atoms with Crippen LogP contribution in [0.15, 0.2) is 53.5 Å². The zero-order valence-corrected chi connectivity index (χ0v) is 17.9. The van der Waals surface area contributed by atoms with Crippen LogP contribution in [0.2, 0.25) is 0 Å². The minimum atomic E-state index is 0.147. The summed E-state index contributed by atoms with van der Waals surface area (Å²) in [5, 5.41) is 9.72. The maximum Gasteiger partial charge on any atom is 0.227 e. The van der Waals surface area contributed by atoms with Gasteiger partial charge >= 0.3 is 0 Å². The van der Waals surface area contributed by atoms with Gasteiger partial charge in [0.25, 0.3) is 0 Å². The Morgan fingerprint density at radius 3 is 2.57 bits per heavy atom. The van der Waals surface area contributed by atoms with E-state index >= 15 is 0 Å². The highest BCUT2D eigenvalue weighted by Gasteiger charge is 2.21. The lowest BCUT2D eigenvalue weighted by Gasteiger charge is -2.21. The second-order valence-electron chi connectivity index (χ2n) is 7.62. The number of carbonyl (C=O) groups is 1. The number of guanidine groups is 1. The number of hydrogen-bond donors (Lipinski definition) is 3. The molecule has 0 spiro atoms. The van der Waals surface area contributed by atoms with Gasteiger partial charge in [-0.2, -0.15) is 0 Å². The van der Waals surface area contributed by atoms with Gasteiger partial charge in [-0.25, -0.2) is 0 Å². The zero-order valence-electron chi connectivity index (χ0n) is 17.9. The molecule has 0 bridgehead atoms. The molecule has 3 N–H and O–H groups in total. The molecule has 0 unspecified atom stereocenters. The minimum absolute atomic E-state index is 0.147. The summed E-state index contributed by atoms with van der Waals surface area (Å²) in [6, 6.07) is 15.9. The first-order valence-electron chi connectivity index (χ1n) is 10.7. The molecule has 1 aliphatic rings. The first kappa shape index (κ1) is 21.7. The quantitative estimate of drug-likeness (QED) is 0.477. The van der Waals surface area contributed by atoms with Gasteiger partial charge in [-0.05, 0) is 36.6 Å². The number of anilines is 1. The van der Waals surface area contributed by atoms with Crippen LogP contribution in [-0.2, 0) is 17.9 Å². The van der Waals surface area contributed by atoms with Gasteiger partial charge in [0.05, 0.1) is 7.11 Å². The van der Waals surface area contributed by atoms with Crippen molar-refractivity contribution in [2.45, 2.75) is 45.2 Å². The fraction of sp³-hybridized carbons (Fsp3) is 0.417. The second-order valence-corrected chi connectivity index (χ2v) is 7.62. The Kier molecular flexibility index (Phi) is 8.12. The molecule has 1 saturated carbocycles. The SMILES string of the molecule is CN=C(NCc1cccc(NC(=O)C2CCCCC2)c1)NCc1ccccc1OC. The smallest absolute Gasteiger partial charge is 0.227 e. The summed E-state index contributed by atoms with van der Waals surface area (Å²) < 4.78 is 5.39. The van der Waals surface area contributed by atoms with Crippen LogP contribution >= 0.6 is 0 Å². The molecule has 30 heavy (non-hydrogen) atoms. The lowest BCUT2D eigenvalue weighted by atomic mass is 9.88. The van der Waals surface area contributed by atoms with Gasteiger partial charge in [0, 0.05) is 37.3 Å². The number of methoxy groups -OCH3 is 1. The summed E-state index contributed by atoms with van der Waals surface area (Å²) in [6.45, 7) is 1.22. The topological polar surface area (TPSA) is 74.8 Å². The second kappa shape index (κ2) is 11.2. The van der Waals surface area contributed by atoms with E-state index in [0.29, 0.717) is 19.0 Å². The van der Waals surface area contributed by atoms with E-state index in [2.05, 4.69) is 20.9 Å². The van der Waals surface area contributed by atoms with Gasteiger partial charge in [0.15, 0.2) is 5.96 Å². The number of rotatable bonds is 7. The van der Waals surface area contributed by atoms with Crippen LogP contribution < -0.4 is 20.7 Å². The Hall–Kier alpha value is -3.02. The third-order valence-electron chi connectivity index (χ3n) is 5.49. The standard InChI is InChI=1S/C24H32N4O2/c1-25-24(27-17-20-12-6-7-14-22(20)30-2)26-16-18-9-8-13-21(15-18)28-23(29)19-10-4-3-5-11-19/h6-9,12-15,19H,3-5,10-11,16-17H2,1-2H3,(H,28,29)(H2,25,26,27). The van der Waals surface area contributed by atoms with Gasteiger partial charge in [-0.1, -0.05) is 49.6 Å². The molecule has 160 valence electrons. The lowest BCUT2D eigenvalue weighted by molar-refractivity contribution is -0.120. The summed E-state index contributed by atoms with van der Waals surface area (Å²) >= 11 is 0. The molecule has 6 nitrogen and oxygen atoms in total. The van der Waals surface area contributed by atoms with Crippen molar-refractivity contribution < 1.29 is 9.53 Å². The number of para-hydroxylation sites is 1. The molecule has 0 aliphatic heterocycles. The number of nitrogens with one attached hydrogen (secondary N) is 3. The van der Waals surface area contributed by atoms with Crippen LogP contribution in [0.3, 0.4) is 0 Å². The van der Waals surface area contributed by atoms with E-state index in [0.717, 1.165) is 48.2 Å². The maximum absolute atomic E-state index is 12.5. The number of aliphatic imine (C=N–C) groups is 1. The molecule has 0 saturated heterocycles. The highest BCUT2D eigenvalue weighted by molar-refractivity contribution is 5.92. The average molecular weight is 409 g/mol. The number of ether oxygens (including phenoxy) is 1. The van der Waals surface area contributed by atoms with Crippen molar-refractivity contribution in [1.29, 1.82) is 0 Å². The van der Waals surface area contributed by atoms with Crippen LogP contribution in [0.25, 0.3) is 0 Å². The predicted octanol–water partition coefficient (Wildman–Crippen LogP) is 4.08. The Balaban J connectivity index is 1.51.